The quantitative estimate of drug-likeness (QED) is 0.716. The normalized spacial score (nSPS) is 13.2. The van der Waals surface area contributed by atoms with Gasteiger partial charge in [0.2, 0.25) is 5.91 Å². The molecule has 0 aliphatic rings. The fraction of sp³-hybridized carbons (Fsp3) is 0.435. The van der Waals surface area contributed by atoms with Crippen LogP contribution in [0.5, 0.6) is 0 Å². The average Bonchev–Trinajstić information content (AvgIpc) is 2.71. The number of carbonyl (C=O) groups excluding carboxylic acids is 2. The minimum Gasteiger partial charge on any atom is -0.444 e. The molecule has 0 saturated heterocycles. The number of amides is 2. The lowest BCUT2D eigenvalue weighted by Crippen LogP contribution is -2.40. The van der Waals surface area contributed by atoms with Gasteiger partial charge in [-0.1, -0.05) is 36.4 Å². The molecule has 0 aliphatic heterocycles. The van der Waals surface area contributed by atoms with E-state index in [1.54, 1.807) is 38.9 Å². The van der Waals surface area contributed by atoms with Crippen molar-refractivity contribution in [1.29, 1.82) is 0 Å². The second kappa shape index (κ2) is 10.7. The number of carbonyl (C=O) groups is 2. The van der Waals surface area contributed by atoms with Crippen LogP contribution >= 0.6 is 0 Å². The Morgan fingerprint density at radius 3 is 2.33 bits per heavy atom. The molecule has 2 rings (SSSR count). The number of nitrogens with zero attached hydrogens (tertiary/aromatic N) is 2. The van der Waals surface area contributed by atoms with E-state index in [9.17, 15) is 9.59 Å². The number of hydrogen-bond donors (Lipinski definition) is 1. The van der Waals surface area contributed by atoms with E-state index in [-0.39, 0.29) is 24.9 Å². The van der Waals surface area contributed by atoms with Crippen LogP contribution in [-0.2, 0) is 14.3 Å². The maximum atomic E-state index is 13.0. The molecule has 0 saturated carbocycles. The van der Waals surface area contributed by atoms with Crippen molar-refractivity contribution in [1.82, 2.24) is 15.2 Å². The Hall–Kier alpha value is -2.93. The van der Waals surface area contributed by atoms with Crippen molar-refractivity contribution in [3.63, 3.8) is 0 Å². The van der Waals surface area contributed by atoms with E-state index in [4.69, 9.17) is 9.47 Å². The van der Waals surface area contributed by atoms with Gasteiger partial charge in [-0.15, -0.1) is 0 Å². The number of methoxy groups -OCH3 is 1. The average molecular weight is 414 g/mol. The number of pyridine rings is 1. The summed E-state index contributed by atoms with van der Waals surface area (Å²) < 4.78 is 10.6. The van der Waals surface area contributed by atoms with Crippen molar-refractivity contribution in [3.8, 4) is 0 Å². The zero-order valence-corrected chi connectivity index (χ0v) is 18.3. The molecule has 0 aliphatic carbocycles. The zero-order chi connectivity index (χ0) is 22.1. The molecule has 1 aromatic heterocycles. The van der Waals surface area contributed by atoms with E-state index in [0.717, 1.165) is 11.3 Å². The van der Waals surface area contributed by atoms with Crippen molar-refractivity contribution in [2.24, 2.45) is 0 Å². The fourth-order valence-electron chi connectivity index (χ4n) is 3.00. The molecule has 1 N–H and O–H groups in total. The Morgan fingerprint density at radius 2 is 1.77 bits per heavy atom. The van der Waals surface area contributed by atoms with E-state index in [0.29, 0.717) is 0 Å². The number of hydrogen-bond acceptors (Lipinski definition) is 5. The van der Waals surface area contributed by atoms with Gasteiger partial charge >= 0.3 is 6.09 Å². The lowest BCUT2D eigenvalue weighted by atomic mass is 10.0. The highest BCUT2D eigenvalue weighted by Crippen LogP contribution is 2.26. The minimum atomic E-state index is -0.589. The molecule has 162 valence electrons. The number of aromatic nitrogens is 1. The van der Waals surface area contributed by atoms with Crippen molar-refractivity contribution in [2.75, 3.05) is 20.7 Å². The molecule has 1 aromatic carbocycles. The van der Waals surface area contributed by atoms with Gasteiger partial charge in [0.05, 0.1) is 24.3 Å². The summed E-state index contributed by atoms with van der Waals surface area (Å²) in [6.45, 7) is 5.55. The minimum absolute atomic E-state index is 0.110. The highest BCUT2D eigenvalue weighted by atomic mass is 16.6. The van der Waals surface area contributed by atoms with Gasteiger partial charge in [-0.25, -0.2) is 4.79 Å². The van der Waals surface area contributed by atoms with Gasteiger partial charge in [0.25, 0.3) is 0 Å². The number of rotatable bonds is 8. The SMILES string of the molecule is CO[C@@H](CNC(=O)OC(C)(C)C)CC(=O)N(C)[C@@H](c1ccccc1)c1ccccn1. The lowest BCUT2D eigenvalue weighted by molar-refractivity contribution is -0.134. The van der Waals surface area contributed by atoms with Crippen molar-refractivity contribution >= 4 is 12.0 Å². The van der Waals surface area contributed by atoms with Gasteiger partial charge in [0.15, 0.2) is 0 Å². The molecule has 2 atom stereocenters. The summed E-state index contributed by atoms with van der Waals surface area (Å²) in [5, 5.41) is 2.66. The van der Waals surface area contributed by atoms with Crippen LogP contribution in [0.1, 0.15) is 44.5 Å². The number of nitrogens with one attached hydrogen (secondary N) is 1. The second-order valence-electron chi connectivity index (χ2n) is 8.02. The van der Waals surface area contributed by atoms with E-state index >= 15 is 0 Å². The maximum Gasteiger partial charge on any atom is 0.407 e. The van der Waals surface area contributed by atoms with Gasteiger partial charge in [-0.05, 0) is 38.5 Å². The van der Waals surface area contributed by atoms with E-state index < -0.39 is 17.8 Å². The highest BCUT2D eigenvalue weighted by Gasteiger charge is 2.27. The summed E-state index contributed by atoms with van der Waals surface area (Å²) in [5.41, 5.74) is 1.15. The van der Waals surface area contributed by atoms with Crippen LogP contribution in [0.2, 0.25) is 0 Å². The molecule has 0 spiro atoms. The zero-order valence-electron chi connectivity index (χ0n) is 18.3. The van der Waals surface area contributed by atoms with Gasteiger partial charge in [-0.2, -0.15) is 0 Å². The Bertz CT molecular complexity index is 767. The molecule has 0 unspecified atom stereocenters. The van der Waals surface area contributed by atoms with Gasteiger partial charge in [-0.3, -0.25) is 9.78 Å². The van der Waals surface area contributed by atoms with Crippen LogP contribution in [0, 0.1) is 0 Å². The fourth-order valence-corrected chi connectivity index (χ4v) is 3.00. The first-order chi connectivity index (χ1) is 14.2. The van der Waals surface area contributed by atoms with E-state index in [2.05, 4.69) is 10.3 Å². The van der Waals surface area contributed by atoms with Crippen molar-refractivity contribution in [3.05, 3.63) is 66.0 Å². The summed E-state index contributed by atoms with van der Waals surface area (Å²) in [4.78, 5) is 31.0. The summed E-state index contributed by atoms with van der Waals surface area (Å²) >= 11 is 0. The predicted molar refractivity (Wildman–Crippen MR) is 115 cm³/mol. The van der Waals surface area contributed by atoms with E-state index in [1.807, 2.05) is 48.5 Å². The number of benzene rings is 1. The third kappa shape index (κ3) is 7.15. The van der Waals surface area contributed by atoms with E-state index in [1.165, 1.54) is 7.11 Å². The Morgan fingerprint density at radius 1 is 1.10 bits per heavy atom. The molecule has 2 aromatic rings. The van der Waals surface area contributed by atoms with Crippen molar-refractivity contribution in [2.45, 2.75) is 44.9 Å². The van der Waals surface area contributed by atoms with Gasteiger partial charge in [0.1, 0.15) is 5.60 Å². The molecule has 30 heavy (non-hydrogen) atoms. The molecule has 0 bridgehead atoms. The Balaban J connectivity index is 2.08. The first-order valence-electron chi connectivity index (χ1n) is 9.92. The monoisotopic (exact) mass is 413 g/mol. The molecule has 7 nitrogen and oxygen atoms in total. The van der Waals surface area contributed by atoms with Crippen LogP contribution in [0.25, 0.3) is 0 Å². The van der Waals surface area contributed by atoms with Crippen LogP contribution < -0.4 is 5.32 Å². The van der Waals surface area contributed by atoms with Crippen molar-refractivity contribution < 1.29 is 19.1 Å². The Labute approximate surface area is 178 Å². The van der Waals surface area contributed by atoms with Gasteiger partial charge in [0, 0.05) is 26.9 Å². The Kier molecular flexibility index (Phi) is 8.35. The molecule has 0 fully saturated rings. The number of alkyl carbamates (subject to hydrolysis) is 1. The number of ether oxygens (including phenoxy) is 2. The molecule has 1 heterocycles. The lowest BCUT2D eigenvalue weighted by Gasteiger charge is -2.29. The predicted octanol–water partition coefficient (Wildman–Crippen LogP) is 3.56. The summed E-state index contributed by atoms with van der Waals surface area (Å²) in [6.07, 6.45) is 0.805. The maximum absolute atomic E-state index is 13.0. The molecular formula is C23H31N3O4. The smallest absolute Gasteiger partial charge is 0.407 e. The molecule has 0 radical (unpaired) electrons. The van der Waals surface area contributed by atoms with Crippen LogP contribution in [0.4, 0.5) is 4.79 Å². The van der Waals surface area contributed by atoms with Crippen LogP contribution in [0.3, 0.4) is 0 Å². The molecule has 7 heteroatoms. The largest absolute Gasteiger partial charge is 0.444 e. The first kappa shape index (κ1) is 23.3. The summed E-state index contributed by atoms with van der Waals surface area (Å²) in [5.74, 6) is -0.118. The highest BCUT2D eigenvalue weighted by molar-refractivity contribution is 5.77. The standard InChI is InChI=1S/C23H31N3O4/c1-23(2,3)30-22(28)25-16-18(29-5)15-20(27)26(4)21(17-11-7-6-8-12-17)19-13-9-10-14-24-19/h6-14,18,21H,15-16H2,1-5H3,(H,25,28)/t18-,21+/m1/s1. The second-order valence-corrected chi connectivity index (χ2v) is 8.02. The summed E-state index contributed by atoms with van der Waals surface area (Å²) in [6, 6.07) is 15.1. The summed E-state index contributed by atoms with van der Waals surface area (Å²) in [7, 11) is 3.27. The molecular weight excluding hydrogens is 382 g/mol. The van der Waals surface area contributed by atoms with Crippen LogP contribution in [-0.4, -0.2) is 54.3 Å². The third-order valence-electron chi connectivity index (χ3n) is 4.47. The first-order valence-corrected chi connectivity index (χ1v) is 9.92. The van der Waals surface area contributed by atoms with Crippen LogP contribution in [0.15, 0.2) is 54.7 Å². The van der Waals surface area contributed by atoms with Gasteiger partial charge < -0.3 is 19.7 Å². The third-order valence-corrected chi connectivity index (χ3v) is 4.47. The topological polar surface area (TPSA) is 80.8 Å². The molecule has 2 amide bonds.